The molecule has 0 amide bonds. The van der Waals surface area contributed by atoms with Gasteiger partial charge in [0, 0.05) is 12.0 Å². The summed E-state index contributed by atoms with van der Waals surface area (Å²) in [5.74, 6) is 0.421. The Labute approximate surface area is 140 Å². The molecule has 0 spiro atoms. The summed E-state index contributed by atoms with van der Waals surface area (Å²) in [4.78, 5) is 11.7. The van der Waals surface area contributed by atoms with Crippen LogP contribution in [0, 0.1) is 0 Å². The second kappa shape index (κ2) is 6.74. The number of ether oxygens (including phenoxy) is 2. The number of oxime groups is 1. The largest absolute Gasteiger partial charge is 0.489 e. The van der Waals surface area contributed by atoms with E-state index in [2.05, 4.69) is 5.16 Å². The predicted octanol–water partition coefficient (Wildman–Crippen LogP) is 3.65. The van der Waals surface area contributed by atoms with E-state index >= 15 is 0 Å². The zero-order valence-corrected chi connectivity index (χ0v) is 13.4. The molecule has 1 fully saturated rings. The van der Waals surface area contributed by atoms with E-state index in [9.17, 15) is 10.0 Å². The molecule has 0 bridgehead atoms. The average Bonchev–Trinajstić information content (AvgIpc) is 2.61. The predicted molar refractivity (Wildman–Crippen MR) is 89.1 cm³/mol. The lowest BCUT2D eigenvalue weighted by Gasteiger charge is -2.34. The first-order chi connectivity index (χ1) is 11.6. The number of esters is 1. The van der Waals surface area contributed by atoms with Gasteiger partial charge in [-0.25, -0.2) is 0 Å². The molecule has 1 unspecified atom stereocenters. The highest BCUT2D eigenvalue weighted by molar-refractivity contribution is 5.98. The van der Waals surface area contributed by atoms with Gasteiger partial charge < -0.3 is 14.7 Å². The molecule has 1 saturated heterocycles. The number of rotatable bonds is 4. The minimum absolute atomic E-state index is 0.229. The minimum atomic E-state index is -1.04. The van der Waals surface area contributed by atoms with E-state index in [-0.39, 0.29) is 12.4 Å². The van der Waals surface area contributed by atoms with Crippen molar-refractivity contribution in [2.45, 2.75) is 32.0 Å². The standard InChI is InChI=1S/C19H19NO4/c1-19(17(20-22)11-12-18(21)24-19)15-7-9-16(10-8-15)23-13-14-5-3-2-4-6-14/h2-10,22H,11-13H2,1H3/b20-17-. The van der Waals surface area contributed by atoms with E-state index in [4.69, 9.17) is 9.47 Å². The van der Waals surface area contributed by atoms with Crippen molar-refractivity contribution in [2.75, 3.05) is 0 Å². The van der Waals surface area contributed by atoms with Gasteiger partial charge in [-0.15, -0.1) is 0 Å². The van der Waals surface area contributed by atoms with Crippen LogP contribution in [-0.4, -0.2) is 16.9 Å². The van der Waals surface area contributed by atoms with Crippen molar-refractivity contribution in [3.05, 3.63) is 65.7 Å². The summed E-state index contributed by atoms with van der Waals surface area (Å²) in [5, 5.41) is 12.5. The zero-order valence-electron chi connectivity index (χ0n) is 13.4. The molecular weight excluding hydrogens is 306 g/mol. The Bertz CT molecular complexity index is 740. The fourth-order valence-electron chi connectivity index (χ4n) is 2.78. The third-order valence-corrected chi connectivity index (χ3v) is 4.21. The second-order valence-corrected chi connectivity index (χ2v) is 5.85. The number of hydrogen-bond acceptors (Lipinski definition) is 5. The fraction of sp³-hybridized carbons (Fsp3) is 0.263. The van der Waals surface area contributed by atoms with E-state index in [1.54, 1.807) is 6.92 Å². The van der Waals surface area contributed by atoms with Crippen LogP contribution in [0.15, 0.2) is 59.8 Å². The minimum Gasteiger partial charge on any atom is -0.489 e. The molecule has 0 aromatic heterocycles. The Morgan fingerprint density at radius 3 is 2.50 bits per heavy atom. The highest BCUT2D eigenvalue weighted by Gasteiger charge is 2.41. The number of cyclic esters (lactones) is 1. The molecule has 5 heteroatoms. The van der Waals surface area contributed by atoms with Crippen molar-refractivity contribution < 1.29 is 19.5 Å². The van der Waals surface area contributed by atoms with Crippen LogP contribution in [-0.2, 0) is 21.7 Å². The van der Waals surface area contributed by atoms with Crippen molar-refractivity contribution in [2.24, 2.45) is 5.16 Å². The normalized spacial score (nSPS) is 22.2. The van der Waals surface area contributed by atoms with E-state index in [1.165, 1.54) is 0 Å². The van der Waals surface area contributed by atoms with Crippen molar-refractivity contribution in [3.63, 3.8) is 0 Å². The summed E-state index contributed by atoms with van der Waals surface area (Å²) >= 11 is 0. The first-order valence-corrected chi connectivity index (χ1v) is 7.82. The quantitative estimate of drug-likeness (QED) is 0.529. The van der Waals surface area contributed by atoms with Crippen LogP contribution in [0.2, 0.25) is 0 Å². The lowest BCUT2D eigenvalue weighted by Crippen LogP contribution is -2.42. The van der Waals surface area contributed by atoms with Gasteiger partial charge in [0.05, 0.1) is 6.42 Å². The molecule has 124 valence electrons. The van der Waals surface area contributed by atoms with E-state index in [0.29, 0.717) is 18.7 Å². The van der Waals surface area contributed by atoms with Crippen LogP contribution in [0.3, 0.4) is 0 Å². The molecule has 5 nitrogen and oxygen atoms in total. The molecule has 1 heterocycles. The molecule has 1 aliphatic heterocycles. The average molecular weight is 325 g/mol. The molecule has 0 saturated carbocycles. The van der Waals surface area contributed by atoms with Gasteiger partial charge in [0.1, 0.15) is 18.1 Å². The fourth-order valence-corrected chi connectivity index (χ4v) is 2.78. The molecule has 24 heavy (non-hydrogen) atoms. The van der Waals surface area contributed by atoms with E-state index in [1.807, 2.05) is 54.6 Å². The summed E-state index contributed by atoms with van der Waals surface area (Å²) in [5.41, 5.74) is 1.24. The highest BCUT2D eigenvalue weighted by Crippen LogP contribution is 2.34. The monoisotopic (exact) mass is 325 g/mol. The van der Waals surface area contributed by atoms with Gasteiger partial charge in [-0.1, -0.05) is 47.6 Å². The topological polar surface area (TPSA) is 68.1 Å². The third-order valence-electron chi connectivity index (χ3n) is 4.21. The van der Waals surface area contributed by atoms with Crippen molar-refractivity contribution in [1.82, 2.24) is 0 Å². The third kappa shape index (κ3) is 3.25. The summed E-state index contributed by atoms with van der Waals surface area (Å²) in [7, 11) is 0. The molecule has 0 aliphatic carbocycles. The Morgan fingerprint density at radius 2 is 1.83 bits per heavy atom. The molecule has 0 radical (unpaired) electrons. The van der Waals surface area contributed by atoms with Crippen LogP contribution in [0.1, 0.15) is 30.9 Å². The van der Waals surface area contributed by atoms with Crippen molar-refractivity contribution in [3.8, 4) is 5.75 Å². The van der Waals surface area contributed by atoms with Gasteiger partial charge in [-0.05, 0) is 24.6 Å². The molecule has 1 N–H and O–H groups in total. The van der Waals surface area contributed by atoms with Gasteiger partial charge in [0.15, 0.2) is 5.60 Å². The smallest absolute Gasteiger partial charge is 0.307 e. The molecule has 1 aliphatic rings. The molecular formula is C19H19NO4. The van der Waals surface area contributed by atoms with Crippen LogP contribution >= 0.6 is 0 Å². The Hall–Kier alpha value is -2.82. The van der Waals surface area contributed by atoms with E-state index < -0.39 is 5.60 Å². The SMILES string of the molecule is CC1(c2ccc(OCc3ccccc3)cc2)OC(=O)CC/C1=N/O. The van der Waals surface area contributed by atoms with Crippen molar-refractivity contribution >= 4 is 11.7 Å². The maximum absolute atomic E-state index is 11.7. The molecule has 2 aromatic rings. The van der Waals surface area contributed by atoms with Crippen LogP contribution in [0.25, 0.3) is 0 Å². The number of nitrogens with zero attached hydrogens (tertiary/aromatic N) is 1. The Balaban J connectivity index is 1.75. The second-order valence-electron chi connectivity index (χ2n) is 5.85. The lowest BCUT2D eigenvalue weighted by atomic mass is 9.86. The Morgan fingerprint density at radius 1 is 1.12 bits per heavy atom. The lowest BCUT2D eigenvalue weighted by molar-refractivity contribution is -0.155. The number of benzene rings is 2. The molecule has 3 rings (SSSR count). The van der Waals surface area contributed by atoms with Gasteiger partial charge in [-0.2, -0.15) is 0 Å². The summed E-state index contributed by atoms with van der Waals surface area (Å²) in [6, 6.07) is 17.2. The summed E-state index contributed by atoms with van der Waals surface area (Å²) < 4.78 is 11.2. The van der Waals surface area contributed by atoms with Gasteiger partial charge >= 0.3 is 5.97 Å². The van der Waals surface area contributed by atoms with Gasteiger partial charge in [-0.3, -0.25) is 4.79 Å². The summed E-state index contributed by atoms with van der Waals surface area (Å²) in [6.45, 7) is 2.22. The highest BCUT2D eigenvalue weighted by atomic mass is 16.6. The number of hydrogen-bond donors (Lipinski definition) is 1. The molecule has 2 aromatic carbocycles. The number of carbonyl (C=O) groups excluding carboxylic acids is 1. The maximum Gasteiger partial charge on any atom is 0.307 e. The summed E-state index contributed by atoms with van der Waals surface area (Å²) in [6.07, 6.45) is 0.616. The van der Waals surface area contributed by atoms with Crippen molar-refractivity contribution in [1.29, 1.82) is 0 Å². The molecule has 1 atom stereocenters. The van der Waals surface area contributed by atoms with Gasteiger partial charge in [0.25, 0.3) is 0 Å². The van der Waals surface area contributed by atoms with Crippen LogP contribution in [0.4, 0.5) is 0 Å². The van der Waals surface area contributed by atoms with Gasteiger partial charge in [0.2, 0.25) is 0 Å². The van der Waals surface area contributed by atoms with E-state index in [0.717, 1.165) is 16.9 Å². The van der Waals surface area contributed by atoms with Crippen LogP contribution < -0.4 is 4.74 Å². The first kappa shape index (κ1) is 16.1. The zero-order chi connectivity index (χ0) is 17.0. The maximum atomic E-state index is 11.7. The first-order valence-electron chi connectivity index (χ1n) is 7.82. The van der Waals surface area contributed by atoms with Crippen LogP contribution in [0.5, 0.6) is 5.75 Å². The number of carbonyl (C=O) groups is 1. The Kier molecular flexibility index (Phi) is 4.51.